The number of rotatable bonds is 4. The van der Waals surface area contributed by atoms with Crippen molar-refractivity contribution < 1.29 is 13.6 Å². The van der Waals surface area contributed by atoms with Gasteiger partial charge >= 0.3 is 0 Å². The van der Waals surface area contributed by atoms with E-state index in [1.165, 1.54) is 40.0 Å². The van der Waals surface area contributed by atoms with Gasteiger partial charge in [-0.25, -0.2) is 13.5 Å². The quantitative estimate of drug-likeness (QED) is 0.736. The zero-order chi connectivity index (χ0) is 17.1. The lowest BCUT2D eigenvalue weighted by Gasteiger charge is -2.16. The van der Waals surface area contributed by atoms with Crippen LogP contribution in [0.25, 0.3) is 5.69 Å². The molecule has 0 aliphatic carbocycles. The minimum Gasteiger partial charge on any atom is -0.336 e. The van der Waals surface area contributed by atoms with Crippen LogP contribution in [0.15, 0.2) is 60.8 Å². The molecule has 0 bridgehead atoms. The van der Waals surface area contributed by atoms with Crippen LogP contribution in [-0.4, -0.2) is 27.6 Å². The van der Waals surface area contributed by atoms with E-state index >= 15 is 0 Å². The molecule has 3 aromatic rings. The summed E-state index contributed by atoms with van der Waals surface area (Å²) in [5.74, 6) is -1.10. The molecule has 0 unspecified atom stereocenters. The van der Waals surface area contributed by atoms with E-state index in [2.05, 4.69) is 5.10 Å². The van der Waals surface area contributed by atoms with E-state index in [0.29, 0.717) is 5.56 Å². The van der Waals surface area contributed by atoms with E-state index in [9.17, 15) is 13.6 Å². The molecule has 1 aromatic heterocycles. The van der Waals surface area contributed by atoms with Crippen molar-refractivity contribution in [1.29, 1.82) is 0 Å². The second-order valence-corrected chi connectivity index (χ2v) is 5.39. The number of carbonyl (C=O) groups is 1. The van der Waals surface area contributed by atoms with Gasteiger partial charge in [-0.05, 0) is 35.9 Å². The average molecular weight is 327 g/mol. The average Bonchev–Trinajstić information content (AvgIpc) is 3.04. The number of carbonyl (C=O) groups excluding carboxylic acids is 1. The third kappa shape index (κ3) is 3.32. The van der Waals surface area contributed by atoms with Gasteiger partial charge in [-0.15, -0.1) is 0 Å². The van der Waals surface area contributed by atoms with Gasteiger partial charge in [-0.3, -0.25) is 4.79 Å². The van der Waals surface area contributed by atoms with Crippen LogP contribution in [0.1, 0.15) is 16.1 Å². The Hall–Kier alpha value is -3.02. The molecule has 24 heavy (non-hydrogen) atoms. The van der Waals surface area contributed by atoms with Crippen LogP contribution in [0.5, 0.6) is 0 Å². The Labute approximate surface area is 138 Å². The number of hydrogen-bond donors (Lipinski definition) is 0. The predicted octanol–water partition coefficient (Wildman–Crippen LogP) is 3.42. The van der Waals surface area contributed by atoms with Crippen LogP contribution in [0, 0.1) is 11.6 Å². The molecule has 0 aliphatic heterocycles. The zero-order valence-electron chi connectivity index (χ0n) is 13.0. The summed E-state index contributed by atoms with van der Waals surface area (Å²) in [6, 6.07) is 13.8. The van der Waals surface area contributed by atoms with Crippen LogP contribution in [0.2, 0.25) is 0 Å². The topological polar surface area (TPSA) is 38.1 Å². The highest BCUT2D eigenvalue weighted by Crippen LogP contribution is 2.14. The molecule has 6 heteroatoms. The first-order chi connectivity index (χ1) is 11.5. The second kappa shape index (κ2) is 6.62. The van der Waals surface area contributed by atoms with Gasteiger partial charge in [0.25, 0.3) is 5.91 Å². The van der Waals surface area contributed by atoms with Crippen LogP contribution in [0.4, 0.5) is 8.78 Å². The minimum atomic E-state index is -0.423. The molecule has 1 heterocycles. The van der Waals surface area contributed by atoms with E-state index in [1.807, 2.05) is 0 Å². The summed E-state index contributed by atoms with van der Waals surface area (Å²) >= 11 is 0. The summed E-state index contributed by atoms with van der Waals surface area (Å²) in [6.45, 7) is 0.253. The fourth-order valence-electron chi connectivity index (χ4n) is 2.39. The van der Waals surface area contributed by atoms with Gasteiger partial charge in [0.1, 0.15) is 17.3 Å². The van der Waals surface area contributed by atoms with Crippen LogP contribution in [0.3, 0.4) is 0 Å². The van der Waals surface area contributed by atoms with E-state index in [0.717, 1.165) is 0 Å². The number of halogens is 2. The zero-order valence-corrected chi connectivity index (χ0v) is 13.0. The van der Waals surface area contributed by atoms with Crippen molar-refractivity contribution in [2.45, 2.75) is 6.54 Å². The first-order valence-electron chi connectivity index (χ1n) is 7.35. The summed E-state index contributed by atoms with van der Waals surface area (Å²) in [4.78, 5) is 13.9. The molecule has 0 saturated heterocycles. The summed E-state index contributed by atoms with van der Waals surface area (Å²) < 4.78 is 28.3. The number of benzene rings is 2. The molecule has 0 N–H and O–H groups in total. The Bertz CT molecular complexity index is 876. The van der Waals surface area contributed by atoms with Gasteiger partial charge in [0.05, 0.1) is 0 Å². The monoisotopic (exact) mass is 327 g/mol. The largest absolute Gasteiger partial charge is 0.336 e. The molecular formula is C18H15F2N3O. The Morgan fingerprint density at radius 1 is 1.12 bits per heavy atom. The van der Waals surface area contributed by atoms with Crippen molar-refractivity contribution in [3.63, 3.8) is 0 Å². The van der Waals surface area contributed by atoms with Gasteiger partial charge in [-0.2, -0.15) is 5.10 Å². The first-order valence-corrected chi connectivity index (χ1v) is 7.35. The fourth-order valence-corrected chi connectivity index (χ4v) is 2.39. The lowest BCUT2D eigenvalue weighted by molar-refractivity contribution is 0.0778. The van der Waals surface area contributed by atoms with Gasteiger partial charge in [0.2, 0.25) is 0 Å². The van der Waals surface area contributed by atoms with E-state index in [-0.39, 0.29) is 29.7 Å². The highest BCUT2D eigenvalue weighted by molar-refractivity contribution is 5.92. The number of amides is 1. The third-order valence-electron chi connectivity index (χ3n) is 3.56. The molecular weight excluding hydrogens is 312 g/mol. The lowest BCUT2D eigenvalue weighted by Crippen LogP contribution is -2.26. The molecule has 2 aromatic carbocycles. The van der Waals surface area contributed by atoms with Crippen LogP contribution >= 0.6 is 0 Å². The van der Waals surface area contributed by atoms with Crippen molar-refractivity contribution in [1.82, 2.24) is 14.7 Å². The summed E-state index contributed by atoms with van der Waals surface area (Å²) in [5.41, 5.74) is 1.14. The van der Waals surface area contributed by atoms with Crippen molar-refractivity contribution in [3.8, 4) is 5.69 Å². The Kier molecular flexibility index (Phi) is 4.37. The first kappa shape index (κ1) is 15.9. The van der Waals surface area contributed by atoms with Gasteiger partial charge in [0, 0.05) is 19.8 Å². The number of para-hydroxylation sites is 1. The van der Waals surface area contributed by atoms with E-state index in [1.54, 1.807) is 37.4 Å². The standard InChI is InChI=1S/C18H15F2N3O/c1-22(12-13-5-4-6-14(19)11-13)18(24)16-9-10-23(21-16)17-8-3-2-7-15(17)20/h2-11H,12H2,1H3. The number of nitrogens with zero attached hydrogens (tertiary/aromatic N) is 3. The Balaban J connectivity index is 1.77. The van der Waals surface area contributed by atoms with Crippen molar-refractivity contribution in [2.24, 2.45) is 0 Å². The lowest BCUT2D eigenvalue weighted by atomic mass is 10.2. The van der Waals surface area contributed by atoms with Gasteiger partial charge in [0.15, 0.2) is 5.69 Å². The smallest absolute Gasteiger partial charge is 0.274 e. The summed E-state index contributed by atoms with van der Waals surface area (Å²) in [5, 5.41) is 4.13. The third-order valence-corrected chi connectivity index (χ3v) is 3.56. The number of aromatic nitrogens is 2. The van der Waals surface area contributed by atoms with Crippen molar-refractivity contribution in [3.05, 3.63) is 83.7 Å². The molecule has 0 aliphatic rings. The Morgan fingerprint density at radius 3 is 2.67 bits per heavy atom. The SMILES string of the molecule is CN(Cc1cccc(F)c1)C(=O)c1ccn(-c2ccccc2F)n1. The molecule has 4 nitrogen and oxygen atoms in total. The van der Waals surface area contributed by atoms with Crippen molar-refractivity contribution >= 4 is 5.91 Å². The molecule has 0 fully saturated rings. The highest BCUT2D eigenvalue weighted by atomic mass is 19.1. The molecule has 0 atom stereocenters. The van der Waals surface area contributed by atoms with Crippen LogP contribution in [-0.2, 0) is 6.54 Å². The minimum absolute atomic E-state index is 0.192. The molecule has 1 amide bonds. The van der Waals surface area contributed by atoms with Gasteiger partial charge < -0.3 is 4.90 Å². The molecule has 0 spiro atoms. The molecule has 122 valence electrons. The van der Waals surface area contributed by atoms with Gasteiger partial charge in [-0.1, -0.05) is 24.3 Å². The summed E-state index contributed by atoms with van der Waals surface area (Å²) in [6.07, 6.45) is 1.53. The van der Waals surface area contributed by atoms with Crippen LogP contribution < -0.4 is 0 Å². The maximum absolute atomic E-state index is 13.8. The Morgan fingerprint density at radius 2 is 1.92 bits per heavy atom. The molecule has 3 rings (SSSR count). The van der Waals surface area contributed by atoms with E-state index in [4.69, 9.17) is 0 Å². The maximum atomic E-state index is 13.8. The fraction of sp³-hybridized carbons (Fsp3) is 0.111. The van der Waals surface area contributed by atoms with Crippen molar-refractivity contribution in [2.75, 3.05) is 7.05 Å². The normalized spacial score (nSPS) is 10.6. The van der Waals surface area contributed by atoms with E-state index < -0.39 is 5.82 Å². The molecule has 0 radical (unpaired) electrons. The second-order valence-electron chi connectivity index (χ2n) is 5.39. The molecule has 0 saturated carbocycles. The predicted molar refractivity (Wildman–Crippen MR) is 85.7 cm³/mol. The summed E-state index contributed by atoms with van der Waals surface area (Å²) in [7, 11) is 1.61. The number of hydrogen-bond acceptors (Lipinski definition) is 2. The maximum Gasteiger partial charge on any atom is 0.274 e. The highest BCUT2D eigenvalue weighted by Gasteiger charge is 2.16.